The second-order valence-electron chi connectivity index (χ2n) is 6.48. The second-order valence-corrected chi connectivity index (χ2v) is 6.85. The molecule has 19 heavy (non-hydrogen) atoms. The van der Waals surface area contributed by atoms with Crippen LogP contribution in [0.15, 0.2) is 30.3 Å². The highest BCUT2D eigenvalue weighted by molar-refractivity contribution is 6.17. The van der Waals surface area contributed by atoms with Crippen molar-refractivity contribution in [1.29, 1.82) is 0 Å². The minimum Gasteiger partial charge on any atom is -0.385 e. The van der Waals surface area contributed by atoms with Crippen LogP contribution in [-0.2, 0) is 5.60 Å². The van der Waals surface area contributed by atoms with Gasteiger partial charge in [-0.1, -0.05) is 36.8 Å². The fourth-order valence-corrected chi connectivity index (χ4v) is 4.64. The van der Waals surface area contributed by atoms with Gasteiger partial charge in [-0.25, -0.2) is 0 Å². The summed E-state index contributed by atoms with van der Waals surface area (Å²) in [6, 6.07) is 10.1. The molecule has 0 aliphatic heterocycles. The van der Waals surface area contributed by atoms with Crippen molar-refractivity contribution < 1.29 is 5.11 Å². The van der Waals surface area contributed by atoms with Crippen molar-refractivity contribution in [2.45, 2.75) is 44.1 Å². The van der Waals surface area contributed by atoms with E-state index in [4.69, 9.17) is 11.6 Å². The molecule has 2 fully saturated rings. The van der Waals surface area contributed by atoms with Crippen LogP contribution in [0.2, 0.25) is 0 Å². The minimum absolute atomic E-state index is 0.520. The van der Waals surface area contributed by atoms with Crippen LogP contribution in [0.3, 0.4) is 0 Å². The van der Waals surface area contributed by atoms with E-state index in [1.807, 2.05) is 30.3 Å². The first-order chi connectivity index (χ1) is 9.21. The van der Waals surface area contributed by atoms with E-state index >= 15 is 0 Å². The highest BCUT2D eigenvalue weighted by Gasteiger charge is 2.43. The summed E-state index contributed by atoms with van der Waals surface area (Å²) in [7, 11) is 0. The third-order valence-electron chi connectivity index (χ3n) is 5.30. The van der Waals surface area contributed by atoms with E-state index in [1.165, 1.54) is 25.7 Å². The third-order valence-corrected chi connectivity index (χ3v) is 5.49. The van der Waals surface area contributed by atoms with Crippen molar-refractivity contribution in [3.63, 3.8) is 0 Å². The molecule has 2 aliphatic rings. The number of halogens is 1. The van der Waals surface area contributed by atoms with Gasteiger partial charge in [-0.15, -0.1) is 11.6 Å². The lowest BCUT2D eigenvalue weighted by Gasteiger charge is -2.34. The van der Waals surface area contributed by atoms with Crippen molar-refractivity contribution in [2.24, 2.45) is 17.8 Å². The SMILES string of the molecule is OC(CCCl)(CC1CC2CCC1C2)c1ccccc1. The van der Waals surface area contributed by atoms with E-state index < -0.39 is 5.60 Å². The molecule has 4 unspecified atom stereocenters. The van der Waals surface area contributed by atoms with Gasteiger partial charge in [-0.2, -0.15) is 0 Å². The Balaban J connectivity index is 1.77. The summed E-state index contributed by atoms with van der Waals surface area (Å²) in [5, 5.41) is 11.1. The molecule has 104 valence electrons. The molecule has 3 rings (SSSR count). The first kappa shape index (κ1) is 13.5. The molecule has 2 bridgehead atoms. The van der Waals surface area contributed by atoms with Gasteiger partial charge in [0.1, 0.15) is 0 Å². The van der Waals surface area contributed by atoms with E-state index in [1.54, 1.807) is 0 Å². The minimum atomic E-state index is -0.724. The zero-order chi connectivity index (χ0) is 13.3. The average Bonchev–Trinajstić information content (AvgIpc) is 3.02. The lowest BCUT2D eigenvalue weighted by molar-refractivity contribution is -0.000522. The molecule has 0 radical (unpaired) electrons. The average molecular weight is 279 g/mol. The Bertz CT molecular complexity index is 419. The van der Waals surface area contributed by atoms with Crippen molar-refractivity contribution in [3.05, 3.63) is 35.9 Å². The van der Waals surface area contributed by atoms with Gasteiger partial charge < -0.3 is 5.11 Å². The molecule has 2 saturated carbocycles. The van der Waals surface area contributed by atoms with Gasteiger partial charge in [-0.3, -0.25) is 0 Å². The number of aliphatic hydroxyl groups is 1. The Morgan fingerprint density at radius 3 is 2.53 bits per heavy atom. The van der Waals surface area contributed by atoms with Crippen LogP contribution < -0.4 is 0 Å². The largest absolute Gasteiger partial charge is 0.385 e. The smallest absolute Gasteiger partial charge is 0.0910 e. The molecular weight excluding hydrogens is 256 g/mol. The Labute approximate surface area is 121 Å². The number of hydrogen-bond donors (Lipinski definition) is 1. The summed E-state index contributed by atoms with van der Waals surface area (Å²) in [4.78, 5) is 0. The number of fused-ring (bicyclic) bond motifs is 2. The van der Waals surface area contributed by atoms with Crippen molar-refractivity contribution in [1.82, 2.24) is 0 Å². The number of rotatable bonds is 5. The van der Waals surface area contributed by atoms with Gasteiger partial charge in [0.25, 0.3) is 0 Å². The van der Waals surface area contributed by atoms with Crippen LogP contribution in [0, 0.1) is 17.8 Å². The standard InChI is InChI=1S/C17H23ClO/c18-9-8-17(19,16-4-2-1-3-5-16)12-15-11-13-6-7-14(15)10-13/h1-5,13-15,19H,6-12H2. The van der Waals surface area contributed by atoms with Gasteiger partial charge >= 0.3 is 0 Å². The molecule has 0 heterocycles. The van der Waals surface area contributed by atoms with Gasteiger partial charge in [0.2, 0.25) is 0 Å². The van der Waals surface area contributed by atoms with E-state index in [0.29, 0.717) is 18.2 Å². The van der Waals surface area contributed by atoms with Gasteiger partial charge in [-0.05, 0) is 55.4 Å². The topological polar surface area (TPSA) is 20.2 Å². The Morgan fingerprint density at radius 2 is 1.95 bits per heavy atom. The van der Waals surface area contributed by atoms with Crippen LogP contribution in [0.1, 0.15) is 44.1 Å². The van der Waals surface area contributed by atoms with E-state index in [0.717, 1.165) is 23.8 Å². The molecule has 1 nitrogen and oxygen atoms in total. The molecule has 2 aliphatic carbocycles. The van der Waals surface area contributed by atoms with Crippen molar-refractivity contribution in [2.75, 3.05) is 5.88 Å². The van der Waals surface area contributed by atoms with Gasteiger partial charge in [0, 0.05) is 5.88 Å². The van der Waals surface area contributed by atoms with E-state index in [2.05, 4.69) is 0 Å². The maximum absolute atomic E-state index is 11.1. The molecule has 0 aromatic heterocycles. The predicted molar refractivity (Wildman–Crippen MR) is 79.2 cm³/mol. The highest BCUT2D eigenvalue weighted by Crippen LogP contribution is 2.52. The molecule has 1 N–H and O–H groups in total. The Hall–Kier alpha value is -0.530. The normalized spacial score (nSPS) is 32.4. The van der Waals surface area contributed by atoms with Gasteiger partial charge in [0.05, 0.1) is 5.60 Å². The maximum Gasteiger partial charge on any atom is 0.0910 e. The Kier molecular flexibility index (Phi) is 3.86. The van der Waals surface area contributed by atoms with Crippen LogP contribution in [0.5, 0.6) is 0 Å². The number of benzene rings is 1. The first-order valence-corrected chi connectivity index (χ1v) is 8.08. The second kappa shape index (κ2) is 5.46. The summed E-state index contributed by atoms with van der Waals surface area (Å²) < 4.78 is 0. The van der Waals surface area contributed by atoms with Crippen LogP contribution in [0.4, 0.5) is 0 Å². The van der Waals surface area contributed by atoms with E-state index in [-0.39, 0.29) is 0 Å². The summed E-state index contributed by atoms with van der Waals surface area (Å²) in [5.74, 6) is 3.01. The first-order valence-electron chi connectivity index (χ1n) is 7.55. The fraction of sp³-hybridized carbons (Fsp3) is 0.647. The quantitative estimate of drug-likeness (QED) is 0.795. The molecular formula is C17H23ClO. The number of alkyl halides is 1. The Morgan fingerprint density at radius 1 is 1.16 bits per heavy atom. The summed E-state index contributed by atoms with van der Waals surface area (Å²) in [6.45, 7) is 0. The van der Waals surface area contributed by atoms with E-state index in [9.17, 15) is 5.11 Å². The summed E-state index contributed by atoms with van der Waals surface area (Å²) in [6.07, 6.45) is 7.07. The lowest BCUT2D eigenvalue weighted by Crippen LogP contribution is -2.31. The predicted octanol–water partition coefficient (Wildman–Crippen LogP) is 4.33. The molecule has 0 spiro atoms. The molecule has 1 aromatic carbocycles. The third kappa shape index (κ3) is 2.68. The van der Waals surface area contributed by atoms with Gasteiger partial charge in [0.15, 0.2) is 0 Å². The molecule has 0 amide bonds. The molecule has 2 heteroatoms. The number of hydrogen-bond acceptors (Lipinski definition) is 1. The monoisotopic (exact) mass is 278 g/mol. The zero-order valence-electron chi connectivity index (χ0n) is 11.4. The highest BCUT2D eigenvalue weighted by atomic mass is 35.5. The van der Waals surface area contributed by atoms with Crippen LogP contribution in [0.25, 0.3) is 0 Å². The van der Waals surface area contributed by atoms with Crippen molar-refractivity contribution >= 4 is 11.6 Å². The lowest BCUT2D eigenvalue weighted by atomic mass is 9.76. The molecule has 0 saturated heterocycles. The molecule has 4 atom stereocenters. The van der Waals surface area contributed by atoms with Crippen LogP contribution in [-0.4, -0.2) is 11.0 Å². The molecule has 1 aromatic rings. The van der Waals surface area contributed by atoms with Crippen LogP contribution >= 0.6 is 11.6 Å². The maximum atomic E-state index is 11.1. The zero-order valence-corrected chi connectivity index (χ0v) is 12.1. The van der Waals surface area contributed by atoms with Crippen molar-refractivity contribution in [3.8, 4) is 0 Å². The fourth-order valence-electron chi connectivity index (χ4n) is 4.33. The summed E-state index contributed by atoms with van der Waals surface area (Å²) >= 11 is 5.94. The summed E-state index contributed by atoms with van der Waals surface area (Å²) in [5.41, 5.74) is 0.316.